The lowest BCUT2D eigenvalue weighted by Gasteiger charge is -2.34. The van der Waals surface area contributed by atoms with Crippen LogP contribution in [-0.4, -0.2) is 35.5 Å². The Kier molecular flexibility index (Phi) is 7.87. The molecule has 3 aliphatic rings. The predicted molar refractivity (Wildman–Crippen MR) is 142 cm³/mol. The molecule has 2 heterocycles. The first-order valence-electron chi connectivity index (χ1n) is 14.2. The van der Waals surface area contributed by atoms with E-state index in [9.17, 15) is 9.18 Å². The molecule has 194 valence electrons. The van der Waals surface area contributed by atoms with Gasteiger partial charge in [-0.1, -0.05) is 64.0 Å². The fourth-order valence-corrected chi connectivity index (χ4v) is 6.63. The maximum Gasteiger partial charge on any atom is 0.254 e. The summed E-state index contributed by atoms with van der Waals surface area (Å²) in [7, 11) is 0. The van der Waals surface area contributed by atoms with Gasteiger partial charge in [0.05, 0.1) is 11.3 Å². The topological polar surface area (TPSA) is 58.1 Å². The quantitative estimate of drug-likeness (QED) is 0.485. The zero-order valence-corrected chi connectivity index (χ0v) is 21.8. The Hall–Kier alpha value is -2.50. The molecular weight excluding hydrogens is 451 g/mol. The number of benzene rings is 1. The molecule has 2 aromatic rings. The number of nitrogens with one attached hydrogen (secondary N) is 1. The van der Waals surface area contributed by atoms with E-state index in [1.165, 1.54) is 44.2 Å². The highest BCUT2D eigenvalue weighted by atomic mass is 19.1. The summed E-state index contributed by atoms with van der Waals surface area (Å²) in [5, 5.41) is 3.20. The first-order valence-corrected chi connectivity index (χ1v) is 14.2. The van der Waals surface area contributed by atoms with Gasteiger partial charge in [0.1, 0.15) is 5.82 Å². The van der Waals surface area contributed by atoms with Crippen LogP contribution >= 0.6 is 0 Å². The fourth-order valence-electron chi connectivity index (χ4n) is 6.63. The maximum atomic E-state index is 13.8. The molecule has 6 heteroatoms. The standard InChI is InChI=1S/C30H41FN4O/c1-22-14-19-35(20-15-22)29-33-21-26(28(36)32-18-13-23-7-3-2-4-8-23)27(34-29)30(16-5-6-17-30)24-9-11-25(31)12-10-24/h9-12,21-23H,2-8,13-20H2,1H3,(H,32,36). The highest BCUT2D eigenvalue weighted by Gasteiger charge is 2.42. The normalized spacial score (nSPS) is 21.0. The number of halogens is 1. The molecule has 1 aromatic heterocycles. The Morgan fingerprint density at radius 2 is 1.72 bits per heavy atom. The summed E-state index contributed by atoms with van der Waals surface area (Å²) >= 11 is 0. The molecule has 1 aliphatic heterocycles. The number of carbonyl (C=O) groups excluding carboxylic acids is 1. The van der Waals surface area contributed by atoms with Crippen LogP contribution in [0, 0.1) is 17.7 Å². The molecule has 1 aromatic carbocycles. The summed E-state index contributed by atoms with van der Waals surface area (Å²) in [5.74, 6) is 1.85. The average Bonchev–Trinajstić information content (AvgIpc) is 3.41. The van der Waals surface area contributed by atoms with Crippen LogP contribution in [0.3, 0.4) is 0 Å². The van der Waals surface area contributed by atoms with Crippen molar-refractivity contribution < 1.29 is 9.18 Å². The summed E-state index contributed by atoms with van der Waals surface area (Å²) < 4.78 is 13.8. The van der Waals surface area contributed by atoms with E-state index in [4.69, 9.17) is 9.97 Å². The second kappa shape index (κ2) is 11.3. The molecule has 0 unspecified atom stereocenters. The third kappa shape index (κ3) is 5.42. The minimum absolute atomic E-state index is 0.0759. The van der Waals surface area contributed by atoms with Crippen LogP contribution in [0.4, 0.5) is 10.3 Å². The molecule has 0 spiro atoms. The van der Waals surface area contributed by atoms with Crippen molar-refractivity contribution in [1.29, 1.82) is 0 Å². The average molecular weight is 493 g/mol. The van der Waals surface area contributed by atoms with Crippen molar-refractivity contribution in [2.75, 3.05) is 24.5 Å². The van der Waals surface area contributed by atoms with Gasteiger partial charge < -0.3 is 10.2 Å². The van der Waals surface area contributed by atoms with Crippen LogP contribution in [0.2, 0.25) is 0 Å². The predicted octanol–water partition coefficient (Wildman–Crippen LogP) is 6.41. The molecule has 2 aliphatic carbocycles. The molecule has 0 radical (unpaired) electrons. The van der Waals surface area contributed by atoms with Gasteiger partial charge in [0.25, 0.3) is 5.91 Å². The largest absolute Gasteiger partial charge is 0.352 e. The molecule has 5 nitrogen and oxygen atoms in total. The number of amides is 1. The zero-order chi connectivity index (χ0) is 25.0. The van der Waals surface area contributed by atoms with Crippen LogP contribution in [0.25, 0.3) is 0 Å². The van der Waals surface area contributed by atoms with Gasteiger partial charge in [-0.15, -0.1) is 0 Å². The number of aromatic nitrogens is 2. The van der Waals surface area contributed by atoms with Crippen LogP contribution in [0.15, 0.2) is 30.5 Å². The van der Waals surface area contributed by atoms with Gasteiger partial charge in [-0.25, -0.2) is 14.4 Å². The van der Waals surface area contributed by atoms with Crippen molar-refractivity contribution in [2.45, 2.75) is 89.4 Å². The smallest absolute Gasteiger partial charge is 0.254 e. The fraction of sp³-hybridized carbons (Fsp3) is 0.633. The Morgan fingerprint density at radius 1 is 1.03 bits per heavy atom. The van der Waals surface area contributed by atoms with E-state index in [1.54, 1.807) is 6.20 Å². The molecule has 1 saturated heterocycles. The summed E-state index contributed by atoms with van der Waals surface area (Å²) in [6, 6.07) is 6.84. The van der Waals surface area contributed by atoms with Gasteiger partial charge in [-0.2, -0.15) is 0 Å². The number of hydrogen-bond acceptors (Lipinski definition) is 4. The molecule has 5 rings (SSSR count). The highest BCUT2D eigenvalue weighted by molar-refractivity contribution is 5.95. The van der Waals surface area contributed by atoms with Crippen LogP contribution in [-0.2, 0) is 5.41 Å². The number of anilines is 1. The van der Waals surface area contributed by atoms with E-state index in [1.807, 2.05) is 12.1 Å². The summed E-state index contributed by atoms with van der Waals surface area (Å²) in [6.07, 6.45) is 15.5. The molecule has 1 N–H and O–H groups in total. The van der Waals surface area contributed by atoms with E-state index in [-0.39, 0.29) is 17.1 Å². The monoisotopic (exact) mass is 492 g/mol. The molecule has 0 bridgehead atoms. The molecular formula is C30H41FN4O. The summed E-state index contributed by atoms with van der Waals surface area (Å²) in [6.45, 7) is 4.87. The third-order valence-electron chi connectivity index (χ3n) is 8.96. The van der Waals surface area contributed by atoms with E-state index in [0.29, 0.717) is 12.1 Å². The minimum Gasteiger partial charge on any atom is -0.352 e. The van der Waals surface area contributed by atoms with E-state index < -0.39 is 0 Å². The first kappa shape index (κ1) is 25.2. The first-order chi connectivity index (χ1) is 17.5. The molecule has 36 heavy (non-hydrogen) atoms. The minimum atomic E-state index is -0.384. The van der Waals surface area contributed by atoms with Crippen molar-refractivity contribution in [3.8, 4) is 0 Å². The second-order valence-electron chi connectivity index (χ2n) is 11.4. The van der Waals surface area contributed by atoms with Crippen molar-refractivity contribution in [1.82, 2.24) is 15.3 Å². The lowest BCUT2D eigenvalue weighted by atomic mass is 9.74. The summed E-state index contributed by atoms with van der Waals surface area (Å²) in [4.78, 5) is 25.7. The number of piperidine rings is 1. The van der Waals surface area contributed by atoms with Crippen molar-refractivity contribution in [3.05, 3.63) is 53.1 Å². The van der Waals surface area contributed by atoms with Gasteiger partial charge in [0.15, 0.2) is 0 Å². The number of rotatable bonds is 7. The summed E-state index contributed by atoms with van der Waals surface area (Å²) in [5.41, 5.74) is 2.07. The lowest BCUT2D eigenvalue weighted by Crippen LogP contribution is -2.37. The lowest BCUT2D eigenvalue weighted by molar-refractivity contribution is 0.0947. The van der Waals surface area contributed by atoms with Crippen LogP contribution < -0.4 is 10.2 Å². The Balaban J connectivity index is 1.45. The number of hydrogen-bond donors (Lipinski definition) is 1. The van der Waals surface area contributed by atoms with Crippen molar-refractivity contribution in [2.24, 2.45) is 11.8 Å². The van der Waals surface area contributed by atoms with Crippen LogP contribution in [0.1, 0.15) is 106 Å². The van der Waals surface area contributed by atoms with Gasteiger partial charge >= 0.3 is 0 Å². The van der Waals surface area contributed by atoms with E-state index in [2.05, 4.69) is 17.1 Å². The van der Waals surface area contributed by atoms with Gasteiger partial charge in [-0.05, 0) is 61.6 Å². The van der Waals surface area contributed by atoms with E-state index >= 15 is 0 Å². The second-order valence-corrected chi connectivity index (χ2v) is 11.4. The SMILES string of the molecule is CC1CCN(c2ncc(C(=O)NCCC3CCCCC3)c(C3(c4ccc(F)cc4)CCCC3)n2)CC1. The van der Waals surface area contributed by atoms with E-state index in [0.717, 1.165) is 87.1 Å². The molecule has 2 saturated carbocycles. The molecule has 0 atom stereocenters. The Bertz CT molecular complexity index is 1020. The van der Waals surface area contributed by atoms with Gasteiger partial charge in [-0.3, -0.25) is 4.79 Å². The van der Waals surface area contributed by atoms with Crippen LogP contribution in [0.5, 0.6) is 0 Å². The third-order valence-corrected chi connectivity index (χ3v) is 8.96. The molecule has 1 amide bonds. The number of nitrogens with zero attached hydrogens (tertiary/aromatic N) is 3. The zero-order valence-electron chi connectivity index (χ0n) is 21.8. The van der Waals surface area contributed by atoms with Crippen molar-refractivity contribution in [3.63, 3.8) is 0 Å². The Morgan fingerprint density at radius 3 is 2.42 bits per heavy atom. The maximum absolute atomic E-state index is 13.8. The number of carbonyl (C=O) groups is 1. The highest BCUT2D eigenvalue weighted by Crippen LogP contribution is 2.47. The Labute approximate surface area is 215 Å². The van der Waals surface area contributed by atoms with Crippen molar-refractivity contribution >= 4 is 11.9 Å². The molecule has 3 fully saturated rings. The van der Waals surface area contributed by atoms with Gasteiger partial charge in [0.2, 0.25) is 5.95 Å². The van der Waals surface area contributed by atoms with Gasteiger partial charge in [0, 0.05) is 31.2 Å².